The summed E-state index contributed by atoms with van der Waals surface area (Å²) in [5, 5.41) is 6.66. The number of nitrogens with two attached hydrogens (primary N) is 1. The van der Waals surface area contributed by atoms with E-state index in [4.69, 9.17) is 5.73 Å². The van der Waals surface area contributed by atoms with Crippen molar-refractivity contribution in [2.24, 2.45) is 0 Å². The van der Waals surface area contributed by atoms with Crippen LogP contribution < -0.4 is 5.73 Å². The van der Waals surface area contributed by atoms with E-state index >= 15 is 0 Å². The Morgan fingerprint density at radius 1 is 1.80 bits per heavy atom. The Morgan fingerprint density at radius 2 is 2.60 bits per heavy atom. The van der Waals surface area contributed by atoms with Gasteiger partial charge >= 0.3 is 0 Å². The quantitative estimate of drug-likeness (QED) is 0.694. The molecule has 0 aromatic carbocycles. The lowest BCUT2D eigenvalue weighted by Crippen LogP contribution is -1.89. The minimum absolute atomic E-state index is 0.765. The van der Waals surface area contributed by atoms with E-state index in [0.717, 1.165) is 22.9 Å². The van der Waals surface area contributed by atoms with Gasteiger partial charge in [-0.2, -0.15) is 16.9 Å². The molecular formula is C6H11N3S. The molecule has 56 valence electrons. The van der Waals surface area contributed by atoms with Crippen molar-refractivity contribution < 1.29 is 0 Å². The Morgan fingerprint density at radius 3 is 3.10 bits per heavy atom. The van der Waals surface area contributed by atoms with Crippen LogP contribution in [0.15, 0.2) is 6.20 Å². The molecule has 10 heavy (non-hydrogen) atoms. The number of thioether (sulfide) groups is 1. The average Bonchev–Trinajstić information content (AvgIpc) is 2.31. The van der Waals surface area contributed by atoms with Gasteiger partial charge in [0, 0.05) is 5.75 Å². The normalized spacial score (nSPS) is 10.1. The summed E-state index contributed by atoms with van der Waals surface area (Å²) < 4.78 is 0. The van der Waals surface area contributed by atoms with E-state index in [9.17, 15) is 0 Å². The molecule has 1 aromatic heterocycles. The molecule has 0 saturated carbocycles. The summed E-state index contributed by atoms with van der Waals surface area (Å²) in [6.07, 6.45) is 1.64. The van der Waals surface area contributed by atoms with Crippen molar-refractivity contribution in [3.05, 3.63) is 11.9 Å². The van der Waals surface area contributed by atoms with Gasteiger partial charge in [-0.05, 0) is 5.75 Å². The first-order chi connectivity index (χ1) is 4.84. The Bertz CT molecular complexity index is 197. The van der Waals surface area contributed by atoms with Crippen LogP contribution >= 0.6 is 11.8 Å². The largest absolute Gasteiger partial charge is 0.396 e. The summed E-state index contributed by atoms with van der Waals surface area (Å²) in [7, 11) is 0. The van der Waals surface area contributed by atoms with Crippen LogP contribution in [0.3, 0.4) is 0 Å². The monoisotopic (exact) mass is 157 g/mol. The molecule has 1 rings (SSSR count). The maximum Gasteiger partial charge on any atom is 0.0739 e. The highest BCUT2D eigenvalue weighted by Crippen LogP contribution is 2.14. The second-order valence-corrected chi connectivity index (χ2v) is 3.22. The van der Waals surface area contributed by atoms with Crippen molar-refractivity contribution in [2.45, 2.75) is 12.7 Å². The highest BCUT2D eigenvalue weighted by atomic mass is 32.2. The molecule has 3 N–H and O–H groups in total. The molecule has 0 bridgehead atoms. The summed E-state index contributed by atoms with van der Waals surface area (Å²) >= 11 is 1.83. The second kappa shape index (κ2) is 3.51. The maximum atomic E-state index is 5.57. The first kappa shape index (κ1) is 7.47. The van der Waals surface area contributed by atoms with Crippen molar-refractivity contribution in [1.29, 1.82) is 0 Å². The predicted molar refractivity (Wildman–Crippen MR) is 44.8 cm³/mol. The number of H-pyrrole nitrogens is 1. The zero-order valence-corrected chi connectivity index (χ0v) is 6.74. The van der Waals surface area contributed by atoms with Gasteiger partial charge < -0.3 is 5.73 Å². The van der Waals surface area contributed by atoms with E-state index in [1.807, 2.05) is 11.8 Å². The fourth-order valence-electron chi connectivity index (χ4n) is 0.642. The van der Waals surface area contributed by atoms with Crippen LogP contribution in [0.4, 0.5) is 5.69 Å². The van der Waals surface area contributed by atoms with Gasteiger partial charge in [0.1, 0.15) is 0 Å². The van der Waals surface area contributed by atoms with E-state index in [1.165, 1.54) is 0 Å². The van der Waals surface area contributed by atoms with Gasteiger partial charge in [0.25, 0.3) is 0 Å². The Balaban J connectivity index is 2.49. The molecule has 1 aromatic rings. The lowest BCUT2D eigenvalue weighted by molar-refractivity contribution is 1.04. The zero-order valence-electron chi connectivity index (χ0n) is 5.92. The summed E-state index contributed by atoms with van der Waals surface area (Å²) in [5.41, 5.74) is 7.37. The number of rotatable bonds is 3. The number of hydrogen-bond acceptors (Lipinski definition) is 3. The van der Waals surface area contributed by atoms with E-state index < -0.39 is 0 Å². The molecule has 1 heterocycles. The van der Waals surface area contributed by atoms with Crippen LogP contribution in [0.2, 0.25) is 0 Å². The lowest BCUT2D eigenvalue weighted by atomic mass is 10.4. The van der Waals surface area contributed by atoms with Crippen molar-refractivity contribution in [3.63, 3.8) is 0 Å². The summed E-state index contributed by atoms with van der Waals surface area (Å²) in [4.78, 5) is 0. The molecule has 0 aliphatic carbocycles. The smallest absolute Gasteiger partial charge is 0.0739 e. The van der Waals surface area contributed by atoms with Crippen LogP contribution in [-0.4, -0.2) is 16.0 Å². The van der Waals surface area contributed by atoms with Crippen molar-refractivity contribution >= 4 is 17.4 Å². The first-order valence-electron chi connectivity index (χ1n) is 3.20. The number of aromatic amines is 1. The second-order valence-electron chi connectivity index (χ2n) is 1.94. The molecule has 0 amide bonds. The molecule has 0 atom stereocenters. The predicted octanol–water partition coefficient (Wildman–Crippen LogP) is 1.24. The third kappa shape index (κ3) is 1.67. The third-order valence-corrected chi connectivity index (χ3v) is 2.10. The number of aromatic nitrogens is 2. The highest BCUT2D eigenvalue weighted by molar-refractivity contribution is 7.98. The SMILES string of the molecule is CCSCc1[nH]ncc1N. The number of nitrogens with one attached hydrogen (secondary N) is 1. The van der Waals surface area contributed by atoms with Gasteiger partial charge in [-0.25, -0.2) is 0 Å². The topological polar surface area (TPSA) is 54.7 Å². The molecule has 0 spiro atoms. The van der Waals surface area contributed by atoms with E-state index in [1.54, 1.807) is 6.20 Å². The summed E-state index contributed by atoms with van der Waals surface area (Å²) in [5.74, 6) is 2.04. The Labute approximate surface area is 64.4 Å². The molecule has 0 radical (unpaired) electrons. The molecule has 3 nitrogen and oxygen atoms in total. The van der Waals surface area contributed by atoms with Crippen molar-refractivity contribution in [3.8, 4) is 0 Å². The third-order valence-electron chi connectivity index (χ3n) is 1.20. The van der Waals surface area contributed by atoms with E-state index in [2.05, 4.69) is 17.1 Å². The standard InChI is InChI=1S/C6H11N3S/c1-2-10-4-6-5(7)3-8-9-6/h3H,2,4,7H2,1H3,(H,8,9). The maximum absolute atomic E-state index is 5.57. The van der Waals surface area contributed by atoms with E-state index in [-0.39, 0.29) is 0 Å². The highest BCUT2D eigenvalue weighted by Gasteiger charge is 1.98. The molecule has 0 unspecified atom stereocenters. The van der Waals surface area contributed by atoms with Gasteiger partial charge in [0.05, 0.1) is 17.6 Å². The van der Waals surface area contributed by atoms with Gasteiger partial charge in [-0.3, -0.25) is 5.10 Å². The van der Waals surface area contributed by atoms with E-state index in [0.29, 0.717) is 0 Å². The number of nitrogens with zero attached hydrogens (tertiary/aromatic N) is 1. The fourth-order valence-corrected chi connectivity index (χ4v) is 1.28. The molecule has 0 fully saturated rings. The average molecular weight is 157 g/mol. The van der Waals surface area contributed by atoms with Gasteiger partial charge in [0.15, 0.2) is 0 Å². The minimum atomic E-state index is 0.765. The molecular weight excluding hydrogens is 146 g/mol. The molecule has 0 aliphatic rings. The lowest BCUT2D eigenvalue weighted by Gasteiger charge is -1.94. The zero-order chi connectivity index (χ0) is 7.40. The van der Waals surface area contributed by atoms with Gasteiger partial charge in [-0.1, -0.05) is 6.92 Å². The molecule has 4 heteroatoms. The number of nitrogen functional groups attached to an aromatic ring is 1. The minimum Gasteiger partial charge on any atom is -0.396 e. The summed E-state index contributed by atoms with van der Waals surface area (Å²) in [6, 6.07) is 0. The van der Waals surface area contributed by atoms with Crippen LogP contribution in [0, 0.1) is 0 Å². The van der Waals surface area contributed by atoms with Crippen LogP contribution in [0.5, 0.6) is 0 Å². The van der Waals surface area contributed by atoms with Crippen molar-refractivity contribution in [2.75, 3.05) is 11.5 Å². The number of hydrogen-bond donors (Lipinski definition) is 2. The fraction of sp³-hybridized carbons (Fsp3) is 0.500. The molecule has 0 aliphatic heterocycles. The Kier molecular flexibility index (Phi) is 2.62. The van der Waals surface area contributed by atoms with Crippen LogP contribution in [0.25, 0.3) is 0 Å². The molecule has 0 saturated heterocycles. The number of anilines is 1. The van der Waals surface area contributed by atoms with Gasteiger partial charge in [-0.15, -0.1) is 0 Å². The first-order valence-corrected chi connectivity index (χ1v) is 4.35. The van der Waals surface area contributed by atoms with Crippen LogP contribution in [0.1, 0.15) is 12.6 Å². The van der Waals surface area contributed by atoms with Crippen molar-refractivity contribution in [1.82, 2.24) is 10.2 Å². The van der Waals surface area contributed by atoms with Crippen LogP contribution in [-0.2, 0) is 5.75 Å². The summed E-state index contributed by atoms with van der Waals surface area (Å²) in [6.45, 7) is 2.12. The Hall–Kier alpha value is -0.640. The van der Waals surface area contributed by atoms with Gasteiger partial charge in [0.2, 0.25) is 0 Å².